The van der Waals surface area contributed by atoms with Crippen LogP contribution in [0.25, 0.3) is 10.7 Å². The van der Waals surface area contributed by atoms with Gasteiger partial charge in [0.2, 0.25) is 0 Å². The molecule has 0 spiro atoms. The highest BCUT2D eigenvalue weighted by Crippen LogP contribution is 2.33. The number of hydrogen-bond donors (Lipinski definition) is 0. The van der Waals surface area contributed by atoms with Crippen molar-refractivity contribution in [3.8, 4) is 5.69 Å². The molecule has 19 heavy (non-hydrogen) atoms. The van der Waals surface area contributed by atoms with Gasteiger partial charge >= 0.3 is 5.82 Å². The maximum absolute atomic E-state index is 13.9. The minimum atomic E-state index is -0.489. The molecule has 4 nitrogen and oxygen atoms in total. The lowest BCUT2D eigenvalue weighted by Crippen LogP contribution is -2.01. The summed E-state index contributed by atoms with van der Waals surface area (Å²) < 4.78 is 15.3. The molecule has 0 saturated carbocycles. The van der Waals surface area contributed by atoms with E-state index in [9.17, 15) is 9.78 Å². The first-order valence-corrected chi connectivity index (χ1v) is 6.50. The number of halogens is 2. The van der Waals surface area contributed by atoms with Crippen molar-refractivity contribution in [1.29, 1.82) is 5.39 Å². The molecule has 0 amide bonds. The summed E-state index contributed by atoms with van der Waals surface area (Å²) in [6, 6.07) is 4.34. The van der Waals surface area contributed by atoms with E-state index in [4.69, 9.17) is 11.6 Å². The summed E-state index contributed by atoms with van der Waals surface area (Å²) in [5.41, 5.74) is 2.03. The topological polar surface area (TPSA) is 46.0 Å². The van der Waals surface area contributed by atoms with Gasteiger partial charge < -0.3 is 0 Å². The quantitative estimate of drug-likeness (QED) is 0.739. The van der Waals surface area contributed by atoms with Crippen LogP contribution in [0.15, 0.2) is 18.2 Å². The SMILES string of the molecule is N#[N+]c1c2c(nn1-c1ccc(Cl)cc1F)CCCC2. The molecule has 0 unspecified atom stereocenters. The van der Waals surface area contributed by atoms with Crippen molar-refractivity contribution in [3.63, 3.8) is 0 Å². The van der Waals surface area contributed by atoms with E-state index in [2.05, 4.69) is 10.1 Å². The van der Waals surface area contributed by atoms with Crippen LogP contribution in [0.3, 0.4) is 0 Å². The first kappa shape index (κ1) is 12.1. The molecule has 96 valence electrons. The Balaban J connectivity index is 2.20. The van der Waals surface area contributed by atoms with Gasteiger partial charge in [-0.15, -0.1) is 0 Å². The van der Waals surface area contributed by atoms with Crippen LogP contribution in [0, 0.1) is 11.2 Å². The first-order chi connectivity index (χ1) is 9.20. The molecule has 1 aromatic carbocycles. The molecule has 1 heterocycles. The molecule has 0 atom stereocenters. The largest absolute Gasteiger partial charge is 0.455 e. The summed E-state index contributed by atoms with van der Waals surface area (Å²) in [4.78, 5) is 3.28. The monoisotopic (exact) mass is 277 g/mol. The summed E-state index contributed by atoms with van der Waals surface area (Å²) in [6.45, 7) is 0. The zero-order valence-electron chi connectivity index (χ0n) is 10.1. The van der Waals surface area contributed by atoms with Crippen molar-refractivity contribution in [2.75, 3.05) is 0 Å². The average Bonchev–Trinajstić information content (AvgIpc) is 2.76. The van der Waals surface area contributed by atoms with Gasteiger partial charge in [-0.1, -0.05) is 21.4 Å². The fraction of sp³-hybridized carbons (Fsp3) is 0.308. The van der Waals surface area contributed by atoms with E-state index in [-0.39, 0.29) is 5.69 Å². The van der Waals surface area contributed by atoms with E-state index < -0.39 is 5.82 Å². The third kappa shape index (κ3) is 1.98. The predicted molar refractivity (Wildman–Crippen MR) is 69.9 cm³/mol. The fourth-order valence-electron chi connectivity index (χ4n) is 2.46. The lowest BCUT2D eigenvalue weighted by molar-refractivity contribution is 0.610. The van der Waals surface area contributed by atoms with Crippen LogP contribution in [-0.2, 0) is 12.8 Å². The smallest absolute Gasteiger partial charge is 0.202 e. The van der Waals surface area contributed by atoms with Gasteiger partial charge in [-0.3, -0.25) is 0 Å². The van der Waals surface area contributed by atoms with Gasteiger partial charge in [-0.05, 0) is 43.9 Å². The van der Waals surface area contributed by atoms with Gasteiger partial charge in [0, 0.05) is 10.00 Å². The molecule has 1 aliphatic carbocycles. The minimum Gasteiger partial charge on any atom is -0.202 e. The zero-order valence-corrected chi connectivity index (χ0v) is 10.9. The van der Waals surface area contributed by atoms with Crippen molar-refractivity contribution in [2.45, 2.75) is 25.7 Å². The van der Waals surface area contributed by atoms with E-state index in [1.54, 1.807) is 6.07 Å². The highest BCUT2D eigenvalue weighted by Gasteiger charge is 2.31. The Kier molecular flexibility index (Phi) is 2.96. The van der Waals surface area contributed by atoms with Crippen LogP contribution in [0.2, 0.25) is 5.02 Å². The lowest BCUT2D eigenvalue weighted by atomic mass is 9.98. The van der Waals surface area contributed by atoms with Crippen molar-refractivity contribution < 1.29 is 4.39 Å². The number of fused-ring (bicyclic) bond motifs is 1. The number of rotatable bonds is 1. The van der Waals surface area contributed by atoms with Crippen molar-refractivity contribution in [2.24, 2.45) is 0 Å². The maximum Gasteiger partial charge on any atom is 0.455 e. The molecule has 2 aromatic rings. The Morgan fingerprint density at radius 1 is 1.32 bits per heavy atom. The number of hydrogen-bond acceptors (Lipinski definition) is 2. The van der Waals surface area contributed by atoms with E-state index >= 15 is 0 Å². The molecular formula is C13H11ClFN4+. The van der Waals surface area contributed by atoms with Crippen LogP contribution >= 0.6 is 11.6 Å². The third-order valence-corrected chi connectivity index (χ3v) is 3.60. The summed E-state index contributed by atoms with van der Waals surface area (Å²) in [6.07, 6.45) is 3.73. The molecule has 0 radical (unpaired) electrons. The number of benzene rings is 1. The van der Waals surface area contributed by atoms with Gasteiger partial charge in [0.1, 0.15) is 0 Å². The molecular weight excluding hydrogens is 267 g/mol. The van der Waals surface area contributed by atoms with Crippen molar-refractivity contribution in [3.05, 3.63) is 45.3 Å². The minimum absolute atomic E-state index is 0.242. The number of diazo groups is 1. The van der Waals surface area contributed by atoms with Crippen molar-refractivity contribution >= 4 is 17.4 Å². The van der Waals surface area contributed by atoms with Gasteiger partial charge in [0.05, 0.1) is 16.7 Å². The highest BCUT2D eigenvalue weighted by molar-refractivity contribution is 6.30. The number of nitrogens with zero attached hydrogens (tertiary/aromatic N) is 4. The maximum atomic E-state index is 13.9. The van der Waals surface area contributed by atoms with Gasteiger partial charge in [-0.25, -0.2) is 4.39 Å². The Labute approximate surface area is 114 Å². The van der Waals surface area contributed by atoms with E-state index in [0.717, 1.165) is 36.9 Å². The van der Waals surface area contributed by atoms with E-state index in [1.807, 2.05) is 0 Å². The Morgan fingerprint density at radius 2 is 2.11 bits per heavy atom. The summed E-state index contributed by atoms with van der Waals surface area (Å²) in [5, 5.41) is 13.9. The van der Waals surface area contributed by atoms with Gasteiger partial charge in [0.25, 0.3) is 0 Å². The van der Waals surface area contributed by atoms with E-state index in [1.165, 1.54) is 16.8 Å². The third-order valence-electron chi connectivity index (χ3n) is 3.36. The zero-order chi connectivity index (χ0) is 13.4. The average molecular weight is 278 g/mol. The first-order valence-electron chi connectivity index (χ1n) is 6.12. The van der Waals surface area contributed by atoms with E-state index in [0.29, 0.717) is 10.8 Å². The van der Waals surface area contributed by atoms with Crippen LogP contribution in [-0.4, -0.2) is 9.78 Å². The predicted octanol–water partition coefficient (Wildman–Crippen LogP) is 4.03. The number of aryl methyl sites for hydroxylation is 1. The Morgan fingerprint density at radius 3 is 2.84 bits per heavy atom. The fourth-order valence-corrected chi connectivity index (χ4v) is 2.62. The second-order valence-corrected chi connectivity index (χ2v) is 5.00. The molecule has 1 aromatic heterocycles. The van der Waals surface area contributed by atoms with Crippen molar-refractivity contribution in [1.82, 2.24) is 9.78 Å². The van der Waals surface area contributed by atoms with Crippen LogP contribution in [0.5, 0.6) is 0 Å². The summed E-state index contributed by atoms with van der Waals surface area (Å²) in [5.74, 6) is -0.173. The molecule has 0 fully saturated rings. The second-order valence-electron chi connectivity index (χ2n) is 4.56. The molecule has 1 aliphatic rings. The number of aromatic nitrogens is 2. The van der Waals surface area contributed by atoms with Gasteiger partial charge in [-0.2, -0.15) is 0 Å². The Hall–Kier alpha value is -1.93. The lowest BCUT2D eigenvalue weighted by Gasteiger charge is -2.04. The normalized spacial score (nSPS) is 13.9. The second kappa shape index (κ2) is 4.63. The summed E-state index contributed by atoms with van der Waals surface area (Å²) in [7, 11) is 0. The molecule has 0 saturated heterocycles. The van der Waals surface area contributed by atoms with Crippen LogP contribution in [0.1, 0.15) is 24.1 Å². The molecule has 0 N–H and O–H groups in total. The molecule has 3 rings (SSSR count). The van der Waals surface area contributed by atoms with Crippen LogP contribution < -0.4 is 0 Å². The Bertz CT molecular complexity index is 687. The molecule has 0 bridgehead atoms. The molecule has 6 heteroatoms. The van der Waals surface area contributed by atoms with Gasteiger partial charge in [0.15, 0.2) is 11.5 Å². The molecule has 0 aliphatic heterocycles. The summed E-state index contributed by atoms with van der Waals surface area (Å²) >= 11 is 5.74. The highest BCUT2D eigenvalue weighted by atomic mass is 35.5. The van der Waals surface area contributed by atoms with Crippen LogP contribution in [0.4, 0.5) is 10.2 Å². The standard InChI is InChI=1S/C13H11ClFN4/c14-8-5-6-12(10(15)7-8)19-13(17-16)9-3-1-2-4-11(9)18-19/h5-7H,1-4H2/q+1.